The Morgan fingerprint density at radius 3 is 2.78 bits per heavy atom. The topological polar surface area (TPSA) is 79.4 Å². The van der Waals surface area contributed by atoms with Crippen LogP contribution in [0.5, 0.6) is 5.75 Å². The number of aryl methyl sites for hydroxylation is 1. The summed E-state index contributed by atoms with van der Waals surface area (Å²) in [6.45, 7) is 1.69. The number of benzene rings is 1. The molecule has 0 bridgehead atoms. The van der Waals surface area contributed by atoms with E-state index < -0.39 is 5.97 Å². The largest absolute Gasteiger partial charge is 0.495 e. The fraction of sp³-hybridized carbons (Fsp3) is 0.231. The lowest BCUT2D eigenvalue weighted by Crippen LogP contribution is -2.17. The second-order valence-corrected chi connectivity index (χ2v) is 4.01. The van der Waals surface area contributed by atoms with Crippen molar-refractivity contribution in [3.63, 3.8) is 0 Å². The van der Waals surface area contributed by atoms with Gasteiger partial charge in [0.25, 0.3) is 0 Å². The van der Waals surface area contributed by atoms with E-state index in [2.05, 4.69) is 4.98 Å². The minimum Gasteiger partial charge on any atom is -0.495 e. The number of nitrogens with one attached hydrogen (secondary N) is 1. The smallest absolute Gasteiger partial charge is 0.308 e. The Kier molecular flexibility index (Phi) is 3.06. The zero-order chi connectivity index (χ0) is 13.3. The summed E-state index contributed by atoms with van der Waals surface area (Å²) in [5.41, 5.74) is 1.17. The van der Waals surface area contributed by atoms with E-state index in [9.17, 15) is 9.59 Å². The third kappa shape index (κ3) is 1.95. The van der Waals surface area contributed by atoms with Gasteiger partial charge in [-0.2, -0.15) is 0 Å². The summed E-state index contributed by atoms with van der Waals surface area (Å²) in [5.74, 6) is -0.458. The average molecular weight is 247 g/mol. The number of methoxy groups -OCH3 is 1. The minimum atomic E-state index is -1.02. The van der Waals surface area contributed by atoms with Crippen LogP contribution >= 0.6 is 0 Å². The number of pyridine rings is 1. The van der Waals surface area contributed by atoms with Gasteiger partial charge >= 0.3 is 5.97 Å². The van der Waals surface area contributed by atoms with Crippen molar-refractivity contribution in [1.29, 1.82) is 0 Å². The van der Waals surface area contributed by atoms with Crippen molar-refractivity contribution in [3.8, 4) is 5.75 Å². The van der Waals surface area contributed by atoms with Crippen molar-refractivity contribution in [3.05, 3.63) is 39.7 Å². The minimum absolute atomic E-state index is 0.262. The van der Waals surface area contributed by atoms with Gasteiger partial charge < -0.3 is 14.8 Å². The average Bonchev–Trinajstić information content (AvgIpc) is 2.33. The number of aromatic nitrogens is 1. The van der Waals surface area contributed by atoms with Crippen LogP contribution in [0.2, 0.25) is 0 Å². The number of H-pyrrole nitrogens is 1. The molecule has 2 rings (SSSR count). The maximum atomic E-state index is 12.2. The monoisotopic (exact) mass is 247 g/mol. The van der Waals surface area contributed by atoms with Gasteiger partial charge in [0.05, 0.1) is 19.0 Å². The number of carbonyl (C=O) groups is 1. The molecule has 94 valence electrons. The third-order valence-electron chi connectivity index (χ3n) is 2.86. The van der Waals surface area contributed by atoms with E-state index in [0.29, 0.717) is 22.3 Å². The molecule has 0 aliphatic rings. The molecule has 5 heteroatoms. The summed E-state index contributed by atoms with van der Waals surface area (Å²) in [6.07, 6.45) is -0.283. The number of carboxylic acid groups (broad SMARTS) is 1. The molecule has 0 saturated heterocycles. The lowest BCUT2D eigenvalue weighted by atomic mass is 10.1. The molecule has 0 spiro atoms. The van der Waals surface area contributed by atoms with E-state index in [-0.39, 0.29) is 17.4 Å². The van der Waals surface area contributed by atoms with Crippen LogP contribution in [0.25, 0.3) is 10.9 Å². The lowest BCUT2D eigenvalue weighted by molar-refractivity contribution is -0.136. The van der Waals surface area contributed by atoms with E-state index >= 15 is 0 Å². The summed E-state index contributed by atoms with van der Waals surface area (Å²) < 4.78 is 5.17. The van der Waals surface area contributed by atoms with Crippen LogP contribution < -0.4 is 10.2 Å². The highest BCUT2D eigenvalue weighted by Crippen LogP contribution is 2.22. The van der Waals surface area contributed by atoms with Gasteiger partial charge in [-0.1, -0.05) is 6.07 Å². The lowest BCUT2D eigenvalue weighted by Gasteiger charge is -2.09. The standard InChI is InChI=1S/C13H13NO4/c1-7-9(6-11(15)16)13(17)8-4-3-5-10(18-2)12(8)14-7/h3-5H,6H2,1-2H3,(H,14,17)(H,15,16). The molecular weight excluding hydrogens is 234 g/mol. The first kappa shape index (κ1) is 12.2. The van der Waals surface area contributed by atoms with Gasteiger partial charge in [-0.15, -0.1) is 0 Å². The van der Waals surface area contributed by atoms with Gasteiger partial charge in [-0.25, -0.2) is 0 Å². The highest BCUT2D eigenvalue weighted by Gasteiger charge is 2.14. The summed E-state index contributed by atoms with van der Waals surface area (Å²) in [5, 5.41) is 9.25. The number of ether oxygens (including phenoxy) is 1. The molecule has 1 aromatic heterocycles. The molecule has 0 fully saturated rings. The Hall–Kier alpha value is -2.30. The van der Waals surface area contributed by atoms with Crippen molar-refractivity contribution in [2.75, 3.05) is 7.11 Å². The van der Waals surface area contributed by atoms with Crippen molar-refractivity contribution in [2.45, 2.75) is 13.3 Å². The van der Waals surface area contributed by atoms with Crippen molar-refractivity contribution < 1.29 is 14.6 Å². The molecule has 0 amide bonds. The maximum Gasteiger partial charge on any atom is 0.308 e. The molecule has 1 heterocycles. The second kappa shape index (κ2) is 4.52. The zero-order valence-corrected chi connectivity index (χ0v) is 10.1. The number of aliphatic carboxylic acids is 1. The highest BCUT2D eigenvalue weighted by atomic mass is 16.5. The first-order chi connectivity index (χ1) is 8.54. The van der Waals surface area contributed by atoms with Gasteiger partial charge in [-0.3, -0.25) is 9.59 Å². The number of fused-ring (bicyclic) bond motifs is 1. The molecule has 2 aromatic rings. The van der Waals surface area contributed by atoms with Gasteiger partial charge in [0.1, 0.15) is 5.75 Å². The number of hydrogen-bond donors (Lipinski definition) is 2. The predicted molar refractivity (Wildman–Crippen MR) is 67.2 cm³/mol. The summed E-state index contributed by atoms with van der Waals surface area (Å²) in [4.78, 5) is 26.0. The molecule has 0 radical (unpaired) electrons. The molecule has 0 atom stereocenters. The van der Waals surface area contributed by atoms with Crippen LogP contribution in [-0.4, -0.2) is 23.2 Å². The fourth-order valence-corrected chi connectivity index (χ4v) is 1.98. The maximum absolute atomic E-state index is 12.2. The Balaban J connectivity index is 2.79. The molecule has 1 aromatic carbocycles. The van der Waals surface area contributed by atoms with Crippen molar-refractivity contribution in [1.82, 2.24) is 4.98 Å². The van der Waals surface area contributed by atoms with Crippen molar-refractivity contribution >= 4 is 16.9 Å². The number of para-hydroxylation sites is 1. The fourth-order valence-electron chi connectivity index (χ4n) is 1.98. The van der Waals surface area contributed by atoms with Gasteiger partial charge in [0, 0.05) is 16.6 Å². The van der Waals surface area contributed by atoms with E-state index in [1.165, 1.54) is 7.11 Å². The molecule has 2 N–H and O–H groups in total. The van der Waals surface area contributed by atoms with Gasteiger partial charge in [0.2, 0.25) is 0 Å². The molecular formula is C13H13NO4. The number of hydrogen-bond acceptors (Lipinski definition) is 3. The predicted octanol–water partition coefficient (Wildman–Crippen LogP) is 1.47. The summed E-state index contributed by atoms with van der Waals surface area (Å²) >= 11 is 0. The molecule has 18 heavy (non-hydrogen) atoms. The molecule has 0 aliphatic carbocycles. The first-order valence-electron chi connectivity index (χ1n) is 5.45. The van der Waals surface area contributed by atoms with Crippen LogP contribution in [-0.2, 0) is 11.2 Å². The molecule has 0 aliphatic heterocycles. The number of rotatable bonds is 3. The van der Waals surface area contributed by atoms with E-state index in [4.69, 9.17) is 9.84 Å². The van der Waals surface area contributed by atoms with E-state index in [1.807, 2.05) is 0 Å². The number of aromatic amines is 1. The van der Waals surface area contributed by atoms with Gasteiger partial charge in [0.15, 0.2) is 5.43 Å². The Morgan fingerprint density at radius 2 is 2.17 bits per heavy atom. The SMILES string of the molecule is COc1cccc2c(=O)c(CC(=O)O)c(C)[nH]c12. The van der Waals surface area contributed by atoms with E-state index in [1.54, 1.807) is 25.1 Å². The second-order valence-electron chi connectivity index (χ2n) is 4.01. The summed E-state index contributed by atoms with van der Waals surface area (Å²) in [6, 6.07) is 5.10. The first-order valence-corrected chi connectivity index (χ1v) is 5.45. The quantitative estimate of drug-likeness (QED) is 0.860. The van der Waals surface area contributed by atoms with Crippen LogP contribution in [0, 0.1) is 6.92 Å². The highest BCUT2D eigenvalue weighted by molar-refractivity contribution is 5.86. The van der Waals surface area contributed by atoms with E-state index in [0.717, 1.165) is 0 Å². The normalized spacial score (nSPS) is 10.6. The molecule has 0 saturated carbocycles. The Labute approximate surface area is 103 Å². The Morgan fingerprint density at radius 1 is 1.44 bits per heavy atom. The molecule has 5 nitrogen and oxygen atoms in total. The van der Waals surface area contributed by atoms with Crippen LogP contribution in [0.3, 0.4) is 0 Å². The van der Waals surface area contributed by atoms with Crippen LogP contribution in [0.1, 0.15) is 11.3 Å². The van der Waals surface area contributed by atoms with Crippen LogP contribution in [0.4, 0.5) is 0 Å². The van der Waals surface area contributed by atoms with Crippen LogP contribution in [0.15, 0.2) is 23.0 Å². The molecule has 0 unspecified atom stereocenters. The van der Waals surface area contributed by atoms with Gasteiger partial charge in [-0.05, 0) is 19.1 Å². The third-order valence-corrected chi connectivity index (χ3v) is 2.86. The van der Waals surface area contributed by atoms with Crippen molar-refractivity contribution in [2.24, 2.45) is 0 Å². The number of carboxylic acids is 1. The Bertz CT molecular complexity index is 672. The zero-order valence-electron chi connectivity index (χ0n) is 10.1. The summed E-state index contributed by atoms with van der Waals surface area (Å²) in [7, 11) is 1.52.